The lowest BCUT2D eigenvalue weighted by Crippen LogP contribution is -2.31. The Labute approximate surface area is 93.1 Å². The SMILES string of the molecule is CCC(C)(CC)C1CCC(C(=O)O)CC1. The zero-order valence-corrected chi connectivity index (χ0v) is 10.3. The lowest BCUT2D eigenvalue weighted by atomic mass is 9.65. The van der Waals surface area contributed by atoms with Gasteiger partial charge in [-0.25, -0.2) is 0 Å². The van der Waals surface area contributed by atoms with Gasteiger partial charge in [0.15, 0.2) is 0 Å². The number of aliphatic carboxylic acids is 1. The summed E-state index contributed by atoms with van der Waals surface area (Å²) in [6, 6.07) is 0. The van der Waals surface area contributed by atoms with Crippen LogP contribution in [0.5, 0.6) is 0 Å². The van der Waals surface area contributed by atoms with Gasteiger partial charge in [0.2, 0.25) is 0 Å². The summed E-state index contributed by atoms with van der Waals surface area (Å²) in [5.41, 5.74) is 0.434. The molecule has 0 aromatic heterocycles. The average molecular weight is 212 g/mol. The van der Waals surface area contributed by atoms with Gasteiger partial charge in [-0.1, -0.05) is 33.6 Å². The predicted octanol–water partition coefficient (Wildman–Crippen LogP) is 3.70. The average Bonchev–Trinajstić information content (AvgIpc) is 2.28. The molecule has 1 fully saturated rings. The van der Waals surface area contributed by atoms with Crippen LogP contribution in [0.1, 0.15) is 59.3 Å². The number of carbonyl (C=O) groups is 1. The third-order valence-corrected chi connectivity index (χ3v) is 4.68. The minimum absolute atomic E-state index is 0.0702. The summed E-state index contributed by atoms with van der Waals surface area (Å²) < 4.78 is 0. The molecular formula is C13H24O2. The standard InChI is InChI=1S/C13H24O2/c1-4-13(3,5-2)11-8-6-10(7-9-11)12(14)15/h10-11H,4-9H2,1-3H3,(H,14,15). The van der Waals surface area contributed by atoms with Crippen LogP contribution in [-0.4, -0.2) is 11.1 Å². The molecule has 1 aliphatic carbocycles. The van der Waals surface area contributed by atoms with E-state index in [4.69, 9.17) is 5.11 Å². The summed E-state index contributed by atoms with van der Waals surface area (Å²) in [5.74, 6) is 0.0745. The molecule has 0 heterocycles. The highest BCUT2D eigenvalue weighted by Crippen LogP contribution is 2.44. The Bertz CT molecular complexity index is 211. The van der Waals surface area contributed by atoms with E-state index in [1.54, 1.807) is 0 Å². The molecule has 0 aliphatic heterocycles. The first-order chi connectivity index (χ1) is 7.03. The Kier molecular flexibility index (Phi) is 4.18. The topological polar surface area (TPSA) is 37.3 Å². The first kappa shape index (κ1) is 12.5. The highest BCUT2D eigenvalue weighted by atomic mass is 16.4. The number of carboxylic acids is 1. The van der Waals surface area contributed by atoms with Gasteiger partial charge in [0.1, 0.15) is 0 Å². The molecule has 0 unspecified atom stereocenters. The summed E-state index contributed by atoms with van der Waals surface area (Å²) in [5, 5.41) is 8.94. The molecule has 0 radical (unpaired) electrons. The summed E-state index contributed by atoms with van der Waals surface area (Å²) in [6.45, 7) is 6.87. The van der Waals surface area contributed by atoms with Crippen LogP contribution in [0, 0.1) is 17.3 Å². The van der Waals surface area contributed by atoms with Crippen LogP contribution >= 0.6 is 0 Å². The maximum absolute atomic E-state index is 10.8. The summed E-state index contributed by atoms with van der Waals surface area (Å²) >= 11 is 0. The first-order valence-corrected chi connectivity index (χ1v) is 6.26. The van der Waals surface area contributed by atoms with Gasteiger partial charge in [-0.05, 0) is 37.0 Å². The van der Waals surface area contributed by atoms with E-state index in [1.807, 2.05) is 0 Å². The van der Waals surface area contributed by atoms with Crippen LogP contribution in [-0.2, 0) is 4.79 Å². The van der Waals surface area contributed by atoms with Gasteiger partial charge < -0.3 is 5.11 Å². The van der Waals surface area contributed by atoms with Crippen molar-refractivity contribution in [3.8, 4) is 0 Å². The van der Waals surface area contributed by atoms with Gasteiger partial charge in [0.25, 0.3) is 0 Å². The van der Waals surface area contributed by atoms with E-state index in [1.165, 1.54) is 12.8 Å². The zero-order chi connectivity index (χ0) is 11.5. The monoisotopic (exact) mass is 212 g/mol. The zero-order valence-electron chi connectivity index (χ0n) is 10.3. The summed E-state index contributed by atoms with van der Waals surface area (Å²) in [6.07, 6.45) is 6.41. The second-order valence-corrected chi connectivity index (χ2v) is 5.25. The molecule has 0 aromatic rings. The van der Waals surface area contributed by atoms with E-state index in [-0.39, 0.29) is 5.92 Å². The normalized spacial score (nSPS) is 27.7. The van der Waals surface area contributed by atoms with Gasteiger partial charge in [-0.15, -0.1) is 0 Å². The second-order valence-electron chi connectivity index (χ2n) is 5.25. The Morgan fingerprint density at radius 3 is 2.00 bits per heavy atom. The van der Waals surface area contributed by atoms with Crippen LogP contribution in [0.25, 0.3) is 0 Å². The first-order valence-electron chi connectivity index (χ1n) is 6.26. The quantitative estimate of drug-likeness (QED) is 0.771. The van der Waals surface area contributed by atoms with Crippen molar-refractivity contribution in [3.63, 3.8) is 0 Å². The Hall–Kier alpha value is -0.530. The molecule has 1 N–H and O–H groups in total. The molecule has 0 amide bonds. The fourth-order valence-electron chi connectivity index (χ4n) is 2.86. The molecule has 15 heavy (non-hydrogen) atoms. The lowest BCUT2D eigenvalue weighted by molar-refractivity contribution is -0.143. The summed E-state index contributed by atoms with van der Waals surface area (Å²) in [4.78, 5) is 10.8. The minimum atomic E-state index is -0.594. The molecule has 0 saturated heterocycles. The number of hydrogen-bond acceptors (Lipinski definition) is 1. The van der Waals surface area contributed by atoms with Gasteiger partial charge in [-0.2, -0.15) is 0 Å². The molecule has 0 bridgehead atoms. The summed E-state index contributed by atoms with van der Waals surface area (Å²) in [7, 11) is 0. The van der Waals surface area contributed by atoms with Gasteiger partial charge in [0, 0.05) is 0 Å². The molecule has 0 atom stereocenters. The van der Waals surface area contributed by atoms with Crippen LogP contribution in [0.2, 0.25) is 0 Å². The van der Waals surface area contributed by atoms with Gasteiger partial charge >= 0.3 is 5.97 Å². The van der Waals surface area contributed by atoms with Crippen molar-refractivity contribution in [2.45, 2.75) is 59.3 Å². The molecular weight excluding hydrogens is 188 g/mol. The molecule has 2 nitrogen and oxygen atoms in total. The van der Waals surface area contributed by atoms with Crippen molar-refractivity contribution in [3.05, 3.63) is 0 Å². The largest absolute Gasteiger partial charge is 0.481 e. The van der Waals surface area contributed by atoms with Crippen LogP contribution < -0.4 is 0 Å². The molecule has 1 aliphatic rings. The van der Waals surface area contributed by atoms with E-state index in [9.17, 15) is 4.79 Å². The number of hydrogen-bond donors (Lipinski definition) is 1. The highest BCUT2D eigenvalue weighted by molar-refractivity contribution is 5.69. The Morgan fingerprint density at radius 2 is 1.67 bits per heavy atom. The van der Waals surface area contributed by atoms with E-state index < -0.39 is 5.97 Å². The van der Waals surface area contributed by atoms with E-state index in [0.29, 0.717) is 5.41 Å². The highest BCUT2D eigenvalue weighted by Gasteiger charge is 2.35. The third kappa shape index (κ3) is 2.73. The lowest BCUT2D eigenvalue weighted by Gasteiger charge is -2.40. The molecule has 88 valence electrons. The molecule has 1 saturated carbocycles. The van der Waals surface area contributed by atoms with Crippen LogP contribution in [0.3, 0.4) is 0 Å². The molecule has 0 aromatic carbocycles. The van der Waals surface area contributed by atoms with Crippen molar-refractivity contribution < 1.29 is 9.90 Å². The molecule has 1 rings (SSSR count). The molecule has 0 spiro atoms. The van der Waals surface area contributed by atoms with E-state index >= 15 is 0 Å². The van der Waals surface area contributed by atoms with Crippen molar-refractivity contribution in [1.82, 2.24) is 0 Å². The Balaban J connectivity index is 2.53. The fraction of sp³-hybridized carbons (Fsp3) is 0.923. The van der Waals surface area contributed by atoms with E-state index in [2.05, 4.69) is 20.8 Å². The fourth-order valence-corrected chi connectivity index (χ4v) is 2.86. The van der Waals surface area contributed by atoms with Gasteiger partial charge in [-0.3, -0.25) is 4.79 Å². The predicted molar refractivity (Wildman–Crippen MR) is 61.8 cm³/mol. The maximum Gasteiger partial charge on any atom is 0.306 e. The van der Waals surface area contributed by atoms with Crippen molar-refractivity contribution in [2.75, 3.05) is 0 Å². The minimum Gasteiger partial charge on any atom is -0.481 e. The third-order valence-electron chi connectivity index (χ3n) is 4.68. The van der Waals surface area contributed by atoms with Crippen molar-refractivity contribution in [2.24, 2.45) is 17.3 Å². The van der Waals surface area contributed by atoms with Crippen LogP contribution in [0.15, 0.2) is 0 Å². The molecule has 2 heteroatoms. The van der Waals surface area contributed by atoms with E-state index in [0.717, 1.165) is 31.6 Å². The van der Waals surface area contributed by atoms with Gasteiger partial charge in [0.05, 0.1) is 5.92 Å². The van der Waals surface area contributed by atoms with Crippen LogP contribution in [0.4, 0.5) is 0 Å². The number of rotatable bonds is 4. The smallest absolute Gasteiger partial charge is 0.306 e. The Morgan fingerprint density at radius 1 is 1.20 bits per heavy atom. The van der Waals surface area contributed by atoms with Crippen molar-refractivity contribution >= 4 is 5.97 Å². The second kappa shape index (κ2) is 5.00. The maximum atomic E-state index is 10.8. The van der Waals surface area contributed by atoms with Crippen molar-refractivity contribution in [1.29, 1.82) is 0 Å². The number of carboxylic acid groups (broad SMARTS) is 1.